The lowest BCUT2D eigenvalue weighted by Crippen LogP contribution is -2.20. The van der Waals surface area contributed by atoms with Crippen molar-refractivity contribution in [2.45, 2.75) is 18.3 Å². The van der Waals surface area contributed by atoms with Gasteiger partial charge in [-0.2, -0.15) is 13.2 Å². The van der Waals surface area contributed by atoms with E-state index in [1.165, 1.54) is 6.07 Å². The number of nitrogens with two attached hydrogens (primary N) is 1. The third-order valence-electron chi connectivity index (χ3n) is 2.99. The topological polar surface area (TPSA) is 59.1 Å². The van der Waals surface area contributed by atoms with E-state index in [4.69, 9.17) is 17.3 Å². The van der Waals surface area contributed by atoms with Crippen LogP contribution in [0.3, 0.4) is 0 Å². The predicted octanol–water partition coefficient (Wildman–Crippen LogP) is 3.49. The van der Waals surface area contributed by atoms with Gasteiger partial charge >= 0.3 is 6.18 Å². The Morgan fingerprint density at radius 2 is 1.86 bits per heavy atom. The molecule has 2 aromatic rings. The first-order chi connectivity index (χ1) is 9.79. The zero-order chi connectivity index (χ0) is 15.6. The number of hydrogen-bond acceptors (Lipinski definition) is 3. The van der Waals surface area contributed by atoms with E-state index >= 15 is 0 Å². The van der Waals surface area contributed by atoms with Gasteiger partial charge in [0.25, 0.3) is 0 Å². The summed E-state index contributed by atoms with van der Waals surface area (Å²) in [7, 11) is 0. The van der Waals surface area contributed by atoms with E-state index in [1.807, 2.05) is 0 Å². The van der Waals surface area contributed by atoms with Crippen LogP contribution in [0, 0.1) is 0 Å². The van der Waals surface area contributed by atoms with E-state index in [0.717, 1.165) is 12.3 Å². The summed E-state index contributed by atoms with van der Waals surface area (Å²) in [5.41, 5.74) is 5.64. The van der Waals surface area contributed by atoms with Gasteiger partial charge in [0.1, 0.15) is 5.69 Å². The summed E-state index contributed by atoms with van der Waals surface area (Å²) in [4.78, 5) is 3.32. The highest BCUT2D eigenvalue weighted by atomic mass is 35.5. The Balaban J connectivity index is 2.21. The standard InChI is InChI=1S/C14H12ClF3N2O/c15-10-3-1-2-8(6-10)13(21)12(19)9-4-5-11(20-7-9)14(16,17)18/h1-7,12-13,21H,19H2/t12-,13-/m1/s1. The van der Waals surface area contributed by atoms with Crippen molar-refractivity contribution in [1.29, 1.82) is 0 Å². The third kappa shape index (κ3) is 3.72. The molecular weight excluding hydrogens is 305 g/mol. The fourth-order valence-corrected chi connectivity index (χ4v) is 2.05. The number of hydrogen-bond donors (Lipinski definition) is 2. The number of pyridine rings is 1. The molecule has 0 bridgehead atoms. The summed E-state index contributed by atoms with van der Waals surface area (Å²) < 4.78 is 37.3. The molecule has 2 rings (SSSR count). The van der Waals surface area contributed by atoms with E-state index < -0.39 is 24.0 Å². The van der Waals surface area contributed by atoms with Crippen LogP contribution in [0.5, 0.6) is 0 Å². The average Bonchev–Trinajstić information content (AvgIpc) is 2.45. The Hall–Kier alpha value is -1.63. The van der Waals surface area contributed by atoms with Gasteiger partial charge in [0, 0.05) is 11.2 Å². The van der Waals surface area contributed by atoms with Crippen LogP contribution in [0.25, 0.3) is 0 Å². The first-order valence-corrected chi connectivity index (χ1v) is 6.39. The highest BCUT2D eigenvalue weighted by Gasteiger charge is 2.32. The van der Waals surface area contributed by atoms with Gasteiger partial charge < -0.3 is 10.8 Å². The van der Waals surface area contributed by atoms with Crippen molar-refractivity contribution >= 4 is 11.6 Å². The fourth-order valence-electron chi connectivity index (χ4n) is 1.85. The Labute approximate surface area is 124 Å². The maximum absolute atomic E-state index is 12.4. The van der Waals surface area contributed by atoms with Gasteiger partial charge in [-0.3, -0.25) is 4.98 Å². The van der Waals surface area contributed by atoms with E-state index in [-0.39, 0.29) is 0 Å². The van der Waals surface area contributed by atoms with E-state index in [9.17, 15) is 18.3 Å². The van der Waals surface area contributed by atoms with Crippen LogP contribution in [0.15, 0.2) is 42.6 Å². The molecule has 1 aromatic heterocycles. The van der Waals surface area contributed by atoms with Crippen molar-refractivity contribution < 1.29 is 18.3 Å². The first-order valence-electron chi connectivity index (χ1n) is 6.01. The summed E-state index contributed by atoms with van der Waals surface area (Å²) in [6.45, 7) is 0. The number of aliphatic hydroxyl groups is 1. The minimum absolute atomic E-state index is 0.301. The third-order valence-corrected chi connectivity index (χ3v) is 3.23. The number of halogens is 4. The molecule has 3 N–H and O–H groups in total. The summed E-state index contributed by atoms with van der Waals surface area (Å²) >= 11 is 5.82. The normalized spacial score (nSPS) is 14.8. The number of aliphatic hydroxyl groups excluding tert-OH is 1. The molecule has 0 fully saturated rings. The zero-order valence-corrected chi connectivity index (χ0v) is 11.4. The van der Waals surface area contributed by atoms with Gasteiger partial charge in [0.05, 0.1) is 12.1 Å². The fraction of sp³-hybridized carbons (Fsp3) is 0.214. The maximum atomic E-state index is 12.4. The monoisotopic (exact) mass is 316 g/mol. The van der Waals surface area contributed by atoms with E-state index in [2.05, 4.69) is 4.98 Å². The molecule has 0 radical (unpaired) electrons. The SMILES string of the molecule is N[C@H](c1ccc(C(F)(F)F)nc1)[C@H](O)c1cccc(Cl)c1. The molecule has 0 spiro atoms. The number of benzene rings is 1. The summed E-state index contributed by atoms with van der Waals surface area (Å²) in [6, 6.07) is 7.60. The Kier molecular flexibility index (Phi) is 4.51. The van der Waals surface area contributed by atoms with Crippen LogP contribution in [0.4, 0.5) is 13.2 Å². The molecule has 7 heteroatoms. The van der Waals surface area contributed by atoms with Crippen LogP contribution < -0.4 is 5.73 Å². The molecule has 0 unspecified atom stereocenters. The second kappa shape index (κ2) is 6.01. The second-order valence-corrected chi connectivity index (χ2v) is 4.94. The summed E-state index contributed by atoms with van der Waals surface area (Å²) in [5, 5.41) is 10.6. The molecule has 0 saturated carbocycles. The number of rotatable bonds is 3. The quantitative estimate of drug-likeness (QED) is 0.911. The van der Waals surface area contributed by atoms with Crippen LogP contribution in [-0.2, 0) is 6.18 Å². The highest BCUT2D eigenvalue weighted by Crippen LogP contribution is 2.31. The van der Waals surface area contributed by atoms with Crippen LogP contribution in [0.1, 0.15) is 29.0 Å². The van der Waals surface area contributed by atoms with Crippen molar-refractivity contribution in [2.24, 2.45) is 5.73 Å². The zero-order valence-electron chi connectivity index (χ0n) is 10.7. The molecule has 1 aromatic carbocycles. The van der Waals surface area contributed by atoms with Gasteiger partial charge in [-0.15, -0.1) is 0 Å². The van der Waals surface area contributed by atoms with Gasteiger partial charge in [-0.05, 0) is 29.3 Å². The molecule has 21 heavy (non-hydrogen) atoms. The lowest BCUT2D eigenvalue weighted by atomic mass is 9.97. The molecule has 0 amide bonds. The van der Waals surface area contributed by atoms with Crippen molar-refractivity contribution in [1.82, 2.24) is 4.98 Å². The molecule has 0 aliphatic carbocycles. The van der Waals surface area contributed by atoms with Gasteiger partial charge in [-0.1, -0.05) is 29.8 Å². The predicted molar refractivity (Wildman–Crippen MR) is 72.6 cm³/mol. The highest BCUT2D eigenvalue weighted by molar-refractivity contribution is 6.30. The molecule has 0 aliphatic rings. The molecule has 0 saturated heterocycles. The molecule has 0 aliphatic heterocycles. The van der Waals surface area contributed by atoms with E-state index in [0.29, 0.717) is 16.1 Å². The van der Waals surface area contributed by atoms with Crippen LogP contribution in [0.2, 0.25) is 5.02 Å². The smallest absolute Gasteiger partial charge is 0.386 e. The largest absolute Gasteiger partial charge is 0.433 e. The second-order valence-electron chi connectivity index (χ2n) is 4.50. The number of aromatic nitrogens is 1. The molecule has 3 nitrogen and oxygen atoms in total. The number of alkyl halides is 3. The van der Waals surface area contributed by atoms with Gasteiger partial charge in [0.15, 0.2) is 0 Å². The average molecular weight is 317 g/mol. The van der Waals surface area contributed by atoms with Crippen molar-refractivity contribution in [3.8, 4) is 0 Å². The summed E-state index contributed by atoms with van der Waals surface area (Å²) in [6.07, 6.45) is -4.59. The Morgan fingerprint density at radius 3 is 2.38 bits per heavy atom. The summed E-state index contributed by atoms with van der Waals surface area (Å²) in [5.74, 6) is 0. The van der Waals surface area contributed by atoms with E-state index in [1.54, 1.807) is 24.3 Å². The molecule has 1 heterocycles. The van der Waals surface area contributed by atoms with Gasteiger partial charge in [0.2, 0.25) is 0 Å². The van der Waals surface area contributed by atoms with Crippen LogP contribution in [-0.4, -0.2) is 10.1 Å². The van der Waals surface area contributed by atoms with Gasteiger partial charge in [-0.25, -0.2) is 0 Å². The maximum Gasteiger partial charge on any atom is 0.433 e. The van der Waals surface area contributed by atoms with Crippen molar-refractivity contribution in [3.05, 3.63) is 64.4 Å². The van der Waals surface area contributed by atoms with Crippen molar-refractivity contribution in [3.63, 3.8) is 0 Å². The lowest BCUT2D eigenvalue weighted by Gasteiger charge is -2.20. The molecule has 112 valence electrons. The number of nitrogens with zero attached hydrogens (tertiary/aromatic N) is 1. The minimum atomic E-state index is -4.51. The lowest BCUT2D eigenvalue weighted by molar-refractivity contribution is -0.141. The first kappa shape index (κ1) is 15.8. The Morgan fingerprint density at radius 1 is 1.14 bits per heavy atom. The molecular formula is C14H12ClF3N2O. The Bertz CT molecular complexity index is 616. The van der Waals surface area contributed by atoms with Crippen molar-refractivity contribution in [2.75, 3.05) is 0 Å². The molecule has 2 atom stereocenters. The minimum Gasteiger partial charge on any atom is -0.386 e. The van der Waals surface area contributed by atoms with Crippen LogP contribution >= 0.6 is 11.6 Å².